The van der Waals surface area contributed by atoms with Gasteiger partial charge in [-0.2, -0.15) is 0 Å². The minimum atomic E-state index is -1.08. The van der Waals surface area contributed by atoms with E-state index in [2.05, 4.69) is 10.1 Å². The Bertz CT molecular complexity index is 1560. The van der Waals surface area contributed by atoms with Gasteiger partial charge in [0.15, 0.2) is 17.2 Å². The third kappa shape index (κ3) is 4.43. The highest BCUT2D eigenvalue weighted by molar-refractivity contribution is 6.39. The van der Waals surface area contributed by atoms with Gasteiger partial charge in [0.2, 0.25) is 5.88 Å². The van der Waals surface area contributed by atoms with Crippen molar-refractivity contribution in [1.82, 2.24) is 10.1 Å². The number of Topliss-reactive ketones (excluding diaryl/α,β-unsaturated/α-hetero) is 1. The van der Waals surface area contributed by atoms with E-state index in [0.29, 0.717) is 32.6 Å². The third-order valence-corrected chi connectivity index (χ3v) is 6.94. The second kappa shape index (κ2) is 9.21. The molecule has 0 saturated heterocycles. The van der Waals surface area contributed by atoms with Crippen LogP contribution in [-0.2, 0) is 13.0 Å². The monoisotopic (exact) mass is 536 g/mol. The smallest absolute Gasteiger partial charge is 0.335 e. The number of aromatic carboxylic acids is 1. The molecule has 1 aliphatic carbocycles. The molecule has 2 aromatic heterocycles. The fourth-order valence-electron chi connectivity index (χ4n) is 4.29. The molecule has 1 fully saturated rings. The van der Waals surface area contributed by atoms with Gasteiger partial charge in [0.1, 0.15) is 23.8 Å². The second-order valence-corrected chi connectivity index (χ2v) is 9.67. The maximum absolute atomic E-state index is 13.0. The molecule has 2 aliphatic rings. The van der Waals surface area contributed by atoms with Gasteiger partial charge in [-0.25, -0.2) is 9.78 Å². The molecule has 2 aromatic carbocycles. The number of nitrogens with zero attached hydrogens (tertiary/aromatic N) is 2. The quantitative estimate of drug-likeness (QED) is 0.288. The van der Waals surface area contributed by atoms with Crippen molar-refractivity contribution in [2.24, 2.45) is 0 Å². The standard InChI is InChI=1S/C27H18Cl2N2O6/c28-17-2-1-3-18(29)23(17)24-16(26(37-31-24)13-4-5-13)12-35-22-9-8-20-25(30-22)19(32)10-14-6-7-15(27(33)34)11-21(14)36-20/h1-3,6-9,11,13H,4-5,10,12H2,(H,33,34). The summed E-state index contributed by atoms with van der Waals surface area (Å²) in [6.07, 6.45) is 2.00. The predicted octanol–water partition coefficient (Wildman–Crippen LogP) is 6.73. The van der Waals surface area contributed by atoms with Crippen molar-refractivity contribution in [3.63, 3.8) is 0 Å². The van der Waals surface area contributed by atoms with Crippen LogP contribution in [0.5, 0.6) is 17.4 Å². The molecule has 4 aromatic rings. The first-order chi connectivity index (χ1) is 17.9. The van der Waals surface area contributed by atoms with E-state index in [-0.39, 0.29) is 47.6 Å². The molecule has 0 spiro atoms. The highest BCUT2D eigenvalue weighted by Gasteiger charge is 2.34. The molecule has 0 atom stereocenters. The summed E-state index contributed by atoms with van der Waals surface area (Å²) < 4.78 is 17.6. The Kier molecular flexibility index (Phi) is 5.85. The van der Waals surface area contributed by atoms with E-state index in [0.717, 1.165) is 24.2 Å². The Morgan fingerprint density at radius 1 is 1.05 bits per heavy atom. The van der Waals surface area contributed by atoms with Crippen LogP contribution in [0, 0.1) is 0 Å². The maximum Gasteiger partial charge on any atom is 0.335 e. The molecule has 1 N–H and O–H groups in total. The van der Waals surface area contributed by atoms with Crippen LogP contribution in [0.1, 0.15) is 56.5 Å². The van der Waals surface area contributed by atoms with Crippen LogP contribution < -0.4 is 9.47 Å². The lowest BCUT2D eigenvalue weighted by molar-refractivity contribution is 0.0696. The summed E-state index contributed by atoms with van der Waals surface area (Å²) in [5, 5.41) is 14.4. The highest BCUT2D eigenvalue weighted by Crippen LogP contribution is 2.46. The Morgan fingerprint density at radius 3 is 2.57 bits per heavy atom. The van der Waals surface area contributed by atoms with Crippen LogP contribution in [0.15, 0.2) is 53.1 Å². The van der Waals surface area contributed by atoms with Gasteiger partial charge in [-0.15, -0.1) is 0 Å². The summed E-state index contributed by atoms with van der Waals surface area (Å²) in [6.45, 7) is 0.0786. The molecule has 1 saturated carbocycles. The molecule has 0 amide bonds. The van der Waals surface area contributed by atoms with Crippen molar-refractivity contribution in [3.05, 3.63) is 86.7 Å². The first-order valence-electron chi connectivity index (χ1n) is 11.5. The average Bonchev–Trinajstić information content (AvgIpc) is 3.65. The molecule has 37 heavy (non-hydrogen) atoms. The number of pyridine rings is 1. The summed E-state index contributed by atoms with van der Waals surface area (Å²) in [5.74, 6) is 0.380. The Balaban J connectivity index is 1.30. The number of carbonyl (C=O) groups excluding carboxylic acids is 1. The maximum atomic E-state index is 13.0. The lowest BCUT2D eigenvalue weighted by atomic mass is 10.0. The molecule has 8 nitrogen and oxygen atoms in total. The molecular formula is C27H18Cl2N2O6. The zero-order valence-electron chi connectivity index (χ0n) is 19.2. The van der Waals surface area contributed by atoms with Crippen molar-refractivity contribution >= 4 is 35.0 Å². The number of carboxylic acids is 1. The topological polar surface area (TPSA) is 112 Å². The number of hydrogen-bond donors (Lipinski definition) is 1. The highest BCUT2D eigenvalue weighted by atomic mass is 35.5. The van der Waals surface area contributed by atoms with Crippen LogP contribution in [0.25, 0.3) is 11.3 Å². The molecule has 3 heterocycles. The number of rotatable bonds is 6. The molecule has 6 rings (SSSR count). The minimum Gasteiger partial charge on any atom is -0.478 e. The van der Waals surface area contributed by atoms with E-state index in [9.17, 15) is 14.7 Å². The lowest BCUT2D eigenvalue weighted by Gasteiger charge is -2.11. The fourth-order valence-corrected chi connectivity index (χ4v) is 4.87. The van der Waals surface area contributed by atoms with Crippen LogP contribution >= 0.6 is 23.2 Å². The van der Waals surface area contributed by atoms with Crippen molar-refractivity contribution in [3.8, 4) is 28.6 Å². The van der Waals surface area contributed by atoms with E-state index in [1.807, 2.05) is 0 Å². The van der Waals surface area contributed by atoms with Crippen molar-refractivity contribution in [2.45, 2.75) is 31.8 Å². The molecule has 186 valence electrons. The van der Waals surface area contributed by atoms with Gasteiger partial charge in [0.05, 0.1) is 21.2 Å². The van der Waals surface area contributed by atoms with Gasteiger partial charge in [0.25, 0.3) is 0 Å². The zero-order valence-corrected chi connectivity index (χ0v) is 20.7. The van der Waals surface area contributed by atoms with Crippen molar-refractivity contribution < 1.29 is 28.7 Å². The number of fused-ring (bicyclic) bond motifs is 2. The molecule has 0 unspecified atom stereocenters. The summed E-state index contributed by atoms with van der Waals surface area (Å²) in [6, 6.07) is 12.8. The van der Waals surface area contributed by atoms with E-state index in [1.54, 1.807) is 36.4 Å². The number of hydrogen-bond acceptors (Lipinski definition) is 7. The van der Waals surface area contributed by atoms with Gasteiger partial charge in [-0.3, -0.25) is 4.79 Å². The predicted molar refractivity (Wildman–Crippen MR) is 134 cm³/mol. The zero-order chi connectivity index (χ0) is 25.7. The number of carbonyl (C=O) groups is 2. The number of ketones is 1. The molecule has 0 bridgehead atoms. The van der Waals surface area contributed by atoms with Crippen LogP contribution in [0.3, 0.4) is 0 Å². The van der Waals surface area contributed by atoms with E-state index in [1.165, 1.54) is 12.1 Å². The normalized spacial score (nSPS) is 14.4. The fraction of sp³-hybridized carbons (Fsp3) is 0.185. The number of halogens is 2. The summed E-state index contributed by atoms with van der Waals surface area (Å²) in [7, 11) is 0. The number of carboxylic acid groups (broad SMARTS) is 1. The van der Waals surface area contributed by atoms with Gasteiger partial charge in [-0.1, -0.05) is 40.5 Å². The molecule has 1 aliphatic heterocycles. The molecule has 10 heteroatoms. The lowest BCUT2D eigenvalue weighted by Crippen LogP contribution is -2.07. The van der Waals surface area contributed by atoms with Crippen molar-refractivity contribution in [2.75, 3.05) is 0 Å². The minimum absolute atomic E-state index is 0.0192. The SMILES string of the molecule is O=C(O)c1ccc2c(c1)Oc1ccc(OCc3c(-c4c(Cl)cccc4Cl)noc3C3CC3)nc1C(=O)C2. The van der Waals surface area contributed by atoms with E-state index >= 15 is 0 Å². The van der Waals surface area contributed by atoms with Gasteiger partial charge >= 0.3 is 5.97 Å². The largest absolute Gasteiger partial charge is 0.478 e. The Hall–Kier alpha value is -3.88. The van der Waals surface area contributed by atoms with E-state index in [4.69, 9.17) is 37.2 Å². The summed E-state index contributed by atoms with van der Waals surface area (Å²) >= 11 is 12.9. The number of ether oxygens (including phenoxy) is 2. The summed E-state index contributed by atoms with van der Waals surface area (Å²) in [4.78, 5) is 28.7. The van der Waals surface area contributed by atoms with Crippen LogP contribution in [0.4, 0.5) is 0 Å². The first kappa shape index (κ1) is 23.5. The first-order valence-corrected chi connectivity index (χ1v) is 12.3. The number of benzene rings is 2. The van der Waals surface area contributed by atoms with Gasteiger partial charge < -0.3 is 19.1 Å². The summed E-state index contributed by atoms with van der Waals surface area (Å²) in [5.41, 5.74) is 2.55. The molecule has 0 radical (unpaired) electrons. The van der Waals surface area contributed by atoms with Gasteiger partial charge in [-0.05, 0) is 43.2 Å². The Morgan fingerprint density at radius 2 is 1.84 bits per heavy atom. The Labute approximate surface area is 220 Å². The second-order valence-electron chi connectivity index (χ2n) is 8.86. The van der Waals surface area contributed by atoms with E-state index < -0.39 is 5.97 Å². The van der Waals surface area contributed by atoms with Crippen molar-refractivity contribution in [1.29, 1.82) is 0 Å². The number of aromatic nitrogens is 2. The van der Waals surface area contributed by atoms with Gasteiger partial charge in [0, 0.05) is 29.5 Å². The average molecular weight is 537 g/mol. The molecular weight excluding hydrogens is 519 g/mol. The van der Waals surface area contributed by atoms with Crippen LogP contribution in [0.2, 0.25) is 10.0 Å². The van der Waals surface area contributed by atoms with Crippen LogP contribution in [-0.4, -0.2) is 27.0 Å². The third-order valence-electron chi connectivity index (χ3n) is 6.31.